The van der Waals surface area contributed by atoms with Gasteiger partial charge in [0.25, 0.3) is 0 Å². The maximum Gasteiger partial charge on any atom is 0.163 e. The van der Waals surface area contributed by atoms with Crippen molar-refractivity contribution < 1.29 is 9.90 Å². The Morgan fingerprint density at radius 1 is 1.37 bits per heavy atom. The molecule has 0 spiro atoms. The van der Waals surface area contributed by atoms with Crippen molar-refractivity contribution in [2.45, 2.75) is 46.8 Å². The lowest BCUT2D eigenvalue weighted by molar-refractivity contribution is 0.0981. The maximum absolute atomic E-state index is 12.1. The van der Waals surface area contributed by atoms with Gasteiger partial charge in [0.05, 0.1) is 11.0 Å². The standard InChI is InChI=1S/C15H20N2O2/c1-4-6-14(19)11-8-12-13(7-10(11)3)17(5-2)15(9-18)16-12/h7-8,18H,4-6,9H2,1-3H3. The zero-order chi connectivity index (χ0) is 14.0. The molecule has 0 amide bonds. The number of imidazole rings is 1. The van der Waals surface area contributed by atoms with E-state index in [2.05, 4.69) is 4.98 Å². The number of ketones is 1. The van der Waals surface area contributed by atoms with E-state index in [9.17, 15) is 9.90 Å². The number of fused-ring (bicyclic) bond motifs is 1. The Bertz CT molecular complexity index is 614. The molecule has 2 aromatic rings. The Kier molecular flexibility index (Phi) is 4.00. The number of benzene rings is 1. The summed E-state index contributed by atoms with van der Waals surface area (Å²) < 4.78 is 1.98. The molecular formula is C15H20N2O2. The highest BCUT2D eigenvalue weighted by Gasteiger charge is 2.14. The molecule has 4 heteroatoms. The van der Waals surface area contributed by atoms with E-state index in [4.69, 9.17) is 0 Å². The van der Waals surface area contributed by atoms with E-state index < -0.39 is 0 Å². The van der Waals surface area contributed by atoms with Gasteiger partial charge in [-0.15, -0.1) is 0 Å². The number of aliphatic hydroxyl groups is 1. The molecule has 1 aromatic heterocycles. The zero-order valence-corrected chi connectivity index (χ0v) is 11.7. The minimum absolute atomic E-state index is 0.0835. The first-order valence-electron chi connectivity index (χ1n) is 6.76. The van der Waals surface area contributed by atoms with E-state index in [0.717, 1.165) is 35.1 Å². The number of nitrogens with zero attached hydrogens (tertiary/aromatic N) is 2. The number of hydrogen-bond acceptors (Lipinski definition) is 3. The summed E-state index contributed by atoms with van der Waals surface area (Å²) in [6.07, 6.45) is 1.41. The molecular weight excluding hydrogens is 240 g/mol. The van der Waals surface area contributed by atoms with Crippen molar-refractivity contribution in [1.82, 2.24) is 9.55 Å². The van der Waals surface area contributed by atoms with Crippen LogP contribution >= 0.6 is 0 Å². The van der Waals surface area contributed by atoms with Gasteiger partial charge in [0.2, 0.25) is 0 Å². The third kappa shape index (κ3) is 2.40. The number of aliphatic hydroxyl groups excluding tert-OH is 1. The summed E-state index contributed by atoms with van der Waals surface area (Å²) >= 11 is 0. The molecule has 19 heavy (non-hydrogen) atoms. The Morgan fingerprint density at radius 2 is 2.11 bits per heavy atom. The van der Waals surface area contributed by atoms with Gasteiger partial charge in [-0.1, -0.05) is 6.92 Å². The molecule has 0 atom stereocenters. The third-order valence-corrected chi connectivity index (χ3v) is 3.41. The van der Waals surface area contributed by atoms with Gasteiger partial charge in [0, 0.05) is 18.5 Å². The summed E-state index contributed by atoms with van der Waals surface area (Å²) in [6.45, 7) is 6.65. The van der Waals surface area contributed by atoms with Crippen LogP contribution in [0.1, 0.15) is 48.4 Å². The van der Waals surface area contributed by atoms with Gasteiger partial charge in [-0.25, -0.2) is 4.98 Å². The zero-order valence-electron chi connectivity index (χ0n) is 11.7. The SMILES string of the molecule is CCCC(=O)c1cc2nc(CO)n(CC)c2cc1C. The van der Waals surface area contributed by atoms with Crippen molar-refractivity contribution in [2.75, 3.05) is 0 Å². The van der Waals surface area contributed by atoms with E-state index in [1.807, 2.05) is 37.5 Å². The highest BCUT2D eigenvalue weighted by atomic mass is 16.3. The fraction of sp³-hybridized carbons (Fsp3) is 0.467. The van der Waals surface area contributed by atoms with E-state index in [1.165, 1.54) is 0 Å². The fourth-order valence-corrected chi connectivity index (χ4v) is 2.46. The molecule has 0 fully saturated rings. The Labute approximate surface area is 113 Å². The average molecular weight is 260 g/mol. The van der Waals surface area contributed by atoms with Crippen LogP contribution in [0.5, 0.6) is 0 Å². The second-order valence-electron chi connectivity index (χ2n) is 4.76. The lowest BCUT2D eigenvalue weighted by atomic mass is 10.0. The monoisotopic (exact) mass is 260 g/mol. The lowest BCUT2D eigenvalue weighted by Crippen LogP contribution is -2.03. The highest BCUT2D eigenvalue weighted by Crippen LogP contribution is 2.22. The summed E-state index contributed by atoms with van der Waals surface area (Å²) in [5.74, 6) is 0.815. The average Bonchev–Trinajstić information content (AvgIpc) is 2.74. The number of carbonyl (C=O) groups is 1. The molecule has 0 aliphatic heterocycles. The Morgan fingerprint density at radius 3 is 2.68 bits per heavy atom. The first-order valence-corrected chi connectivity index (χ1v) is 6.76. The molecule has 1 heterocycles. The van der Waals surface area contributed by atoms with Crippen molar-refractivity contribution in [3.63, 3.8) is 0 Å². The smallest absolute Gasteiger partial charge is 0.163 e. The molecule has 1 N–H and O–H groups in total. The van der Waals surface area contributed by atoms with Crippen LogP contribution in [0.4, 0.5) is 0 Å². The number of Topliss-reactive ketones (excluding diaryl/α,β-unsaturated/α-hetero) is 1. The van der Waals surface area contributed by atoms with Gasteiger partial charge >= 0.3 is 0 Å². The fourth-order valence-electron chi connectivity index (χ4n) is 2.46. The number of hydrogen-bond donors (Lipinski definition) is 1. The van der Waals surface area contributed by atoms with Crippen LogP contribution in [0.25, 0.3) is 11.0 Å². The molecule has 0 aliphatic carbocycles. The van der Waals surface area contributed by atoms with Crippen molar-refractivity contribution in [3.05, 3.63) is 29.1 Å². The van der Waals surface area contributed by atoms with Gasteiger partial charge in [-0.3, -0.25) is 4.79 Å². The number of rotatable bonds is 5. The van der Waals surface area contributed by atoms with Crippen molar-refractivity contribution in [1.29, 1.82) is 0 Å². The van der Waals surface area contributed by atoms with Crippen LogP contribution in [0, 0.1) is 6.92 Å². The van der Waals surface area contributed by atoms with Gasteiger partial charge in [-0.05, 0) is 38.0 Å². The third-order valence-electron chi connectivity index (χ3n) is 3.41. The highest BCUT2D eigenvalue weighted by molar-refractivity contribution is 6.00. The largest absolute Gasteiger partial charge is 0.388 e. The van der Waals surface area contributed by atoms with Crippen molar-refractivity contribution in [2.24, 2.45) is 0 Å². The van der Waals surface area contributed by atoms with E-state index in [-0.39, 0.29) is 12.4 Å². The van der Waals surface area contributed by atoms with Crippen LogP contribution in [-0.4, -0.2) is 20.4 Å². The normalized spacial score (nSPS) is 11.2. The van der Waals surface area contributed by atoms with E-state index in [0.29, 0.717) is 12.2 Å². The summed E-state index contributed by atoms with van der Waals surface area (Å²) in [6, 6.07) is 3.85. The van der Waals surface area contributed by atoms with Crippen LogP contribution in [0.15, 0.2) is 12.1 Å². The second-order valence-corrected chi connectivity index (χ2v) is 4.76. The topological polar surface area (TPSA) is 55.1 Å². The van der Waals surface area contributed by atoms with Crippen LogP contribution in [-0.2, 0) is 13.2 Å². The molecule has 4 nitrogen and oxygen atoms in total. The number of aryl methyl sites for hydroxylation is 2. The molecule has 1 aromatic carbocycles. The second kappa shape index (κ2) is 5.53. The van der Waals surface area contributed by atoms with Gasteiger partial charge in [0.15, 0.2) is 5.78 Å². The van der Waals surface area contributed by atoms with Gasteiger partial charge in [-0.2, -0.15) is 0 Å². The van der Waals surface area contributed by atoms with Crippen molar-refractivity contribution in [3.8, 4) is 0 Å². The molecule has 0 saturated heterocycles. The summed E-state index contributed by atoms with van der Waals surface area (Å²) in [5, 5.41) is 9.33. The summed E-state index contributed by atoms with van der Waals surface area (Å²) in [5.41, 5.74) is 3.50. The molecule has 102 valence electrons. The molecule has 0 aliphatic rings. The first kappa shape index (κ1) is 13.7. The van der Waals surface area contributed by atoms with Crippen LogP contribution < -0.4 is 0 Å². The summed E-state index contributed by atoms with van der Waals surface area (Å²) in [4.78, 5) is 16.5. The number of carbonyl (C=O) groups excluding carboxylic acids is 1. The molecule has 2 rings (SSSR count). The minimum Gasteiger partial charge on any atom is -0.388 e. The van der Waals surface area contributed by atoms with Crippen molar-refractivity contribution >= 4 is 16.8 Å². The van der Waals surface area contributed by atoms with E-state index >= 15 is 0 Å². The van der Waals surface area contributed by atoms with Gasteiger partial charge < -0.3 is 9.67 Å². The molecule has 0 unspecified atom stereocenters. The predicted octanol–water partition coefficient (Wildman–Crippen LogP) is 2.84. The predicted molar refractivity (Wildman–Crippen MR) is 75.3 cm³/mol. The van der Waals surface area contributed by atoms with Crippen LogP contribution in [0.2, 0.25) is 0 Å². The Balaban J connectivity index is 2.60. The molecule has 0 bridgehead atoms. The molecule has 0 radical (unpaired) electrons. The molecule has 0 saturated carbocycles. The quantitative estimate of drug-likeness (QED) is 0.841. The minimum atomic E-state index is -0.0835. The maximum atomic E-state index is 12.1. The Hall–Kier alpha value is -1.68. The van der Waals surface area contributed by atoms with E-state index in [1.54, 1.807) is 0 Å². The number of aromatic nitrogens is 2. The van der Waals surface area contributed by atoms with Crippen LogP contribution in [0.3, 0.4) is 0 Å². The summed E-state index contributed by atoms with van der Waals surface area (Å²) in [7, 11) is 0. The van der Waals surface area contributed by atoms with Gasteiger partial charge in [0.1, 0.15) is 12.4 Å². The lowest BCUT2D eigenvalue weighted by Gasteiger charge is -2.07. The first-order chi connectivity index (χ1) is 9.12.